The Labute approximate surface area is 88.8 Å². The van der Waals surface area contributed by atoms with E-state index < -0.39 is 10.6 Å². The Morgan fingerprint density at radius 2 is 2.43 bits per heavy atom. The van der Waals surface area contributed by atoms with Gasteiger partial charge in [0.05, 0.1) is 0 Å². The Balaban J connectivity index is 2.97. The van der Waals surface area contributed by atoms with Crippen molar-refractivity contribution in [3.8, 4) is 6.19 Å². The van der Waals surface area contributed by atoms with Crippen molar-refractivity contribution in [1.29, 1.82) is 5.26 Å². The lowest BCUT2D eigenvalue weighted by Gasteiger charge is -2.12. The number of hydrogen-bond acceptors (Lipinski definition) is 5. The van der Waals surface area contributed by atoms with Crippen molar-refractivity contribution in [2.75, 3.05) is 0 Å². The predicted molar refractivity (Wildman–Crippen MR) is 53.8 cm³/mol. The lowest BCUT2D eigenvalue weighted by Crippen LogP contribution is -1.94. The van der Waals surface area contributed by atoms with Gasteiger partial charge in [0.15, 0.2) is 6.19 Å². The van der Waals surface area contributed by atoms with Gasteiger partial charge in [0.1, 0.15) is 5.15 Å². The summed E-state index contributed by atoms with van der Waals surface area (Å²) in [4.78, 5) is 3.85. The molecule has 74 valence electrons. The van der Waals surface area contributed by atoms with Crippen LogP contribution in [-0.2, 0) is 14.8 Å². The zero-order chi connectivity index (χ0) is 10.6. The quantitative estimate of drug-likeness (QED) is 0.444. The molecule has 0 aromatic carbocycles. The van der Waals surface area contributed by atoms with Gasteiger partial charge in [0, 0.05) is 6.20 Å². The number of hydrogen-bond donors (Lipinski definition) is 0. The van der Waals surface area contributed by atoms with Gasteiger partial charge in [-0.3, -0.25) is 4.36 Å². The van der Waals surface area contributed by atoms with Crippen LogP contribution in [0.25, 0.3) is 0 Å². The first-order valence-corrected chi connectivity index (χ1v) is 5.32. The molecule has 4 nitrogen and oxygen atoms in total. The molecule has 1 atom stereocenters. The lowest BCUT2D eigenvalue weighted by atomic mass is 10.2. The van der Waals surface area contributed by atoms with Crippen LogP contribution in [0.4, 0.5) is 0 Å². The van der Waals surface area contributed by atoms with E-state index >= 15 is 0 Å². The molecule has 0 saturated heterocycles. The van der Waals surface area contributed by atoms with Crippen molar-refractivity contribution >= 4 is 22.2 Å². The van der Waals surface area contributed by atoms with Gasteiger partial charge in [-0.2, -0.15) is 15.9 Å². The largest absolute Gasteiger partial charge is 0.443 e. The van der Waals surface area contributed by atoms with Crippen molar-refractivity contribution in [1.82, 2.24) is 4.98 Å². The molecule has 1 aromatic rings. The van der Waals surface area contributed by atoms with E-state index in [4.69, 9.17) is 16.9 Å². The normalized spacial score (nSPS) is 14.6. The molecule has 0 unspecified atom stereocenters. The van der Waals surface area contributed by atoms with Crippen molar-refractivity contribution in [3.63, 3.8) is 0 Å². The van der Waals surface area contributed by atoms with E-state index in [1.807, 2.05) is 0 Å². The van der Waals surface area contributed by atoms with Gasteiger partial charge in [0.25, 0.3) is 0 Å². The van der Waals surface area contributed by atoms with Crippen LogP contribution >= 0.6 is 11.6 Å². The molecular weight excluding hydrogens is 222 g/mol. The second-order valence-corrected chi connectivity index (χ2v) is 4.35. The molecular formula is C8H7ClN3OS-. The summed E-state index contributed by atoms with van der Waals surface area (Å²) in [5, 5.41) is 8.26. The molecule has 0 amide bonds. The summed E-state index contributed by atoms with van der Waals surface area (Å²) in [7, 11) is -1.54. The highest BCUT2D eigenvalue weighted by molar-refractivity contribution is 7.75. The van der Waals surface area contributed by atoms with E-state index in [1.54, 1.807) is 19.1 Å². The van der Waals surface area contributed by atoms with Gasteiger partial charge >= 0.3 is 0 Å². The van der Waals surface area contributed by atoms with Gasteiger partial charge in [-0.1, -0.05) is 29.8 Å². The number of pyridine rings is 1. The van der Waals surface area contributed by atoms with Crippen molar-refractivity contribution in [2.24, 2.45) is 4.36 Å². The third-order valence-corrected chi connectivity index (χ3v) is 3.02. The van der Waals surface area contributed by atoms with E-state index in [0.29, 0.717) is 5.15 Å². The van der Waals surface area contributed by atoms with Gasteiger partial charge in [0.2, 0.25) is 0 Å². The van der Waals surface area contributed by atoms with Crippen LogP contribution < -0.4 is 0 Å². The second kappa shape index (κ2) is 4.94. The number of nitrogens with zero attached hydrogens (tertiary/aromatic N) is 3. The number of rotatable bonds is 2. The van der Waals surface area contributed by atoms with E-state index in [0.717, 1.165) is 5.56 Å². The highest BCUT2D eigenvalue weighted by Crippen LogP contribution is 2.17. The summed E-state index contributed by atoms with van der Waals surface area (Å²) in [5.74, 6) is 0. The van der Waals surface area contributed by atoms with Gasteiger partial charge in [-0.15, -0.1) is 0 Å². The zero-order valence-electron chi connectivity index (χ0n) is 7.35. The maximum atomic E-state index is 11.3. The second-order valence-electron chi connectivity index (χ2n) is 2.52. The summed E-state index contributed by atoms with van der Waals surface area (Å²) in [6, 6.07) is 3.32. The molecule has 1 heterocycles. The molecule has 0 bridgehead atoms. The zero-order valence-corrected chi connectivity index (χ0v) is 8.92. The maximum Gasteiger partial charge on any atom is 0.180 e. The molecule has 0 radical (unpaired) electrons. The molecule has 0 N–H and O–H groups in total. The van der Waals surface area contributed by atoms with Crippen LogP contribution in [0, 0.1) is 11.5 Å². The van der Waals surface area contributed by atoms with E-state index in [9.17, 15) is 4.21 Å². The van der Waals surface area contributed by atoms with Crippen LogP contribution in [0.1, 0.15) is 17.7 Å². The molecule has 0 aliphatic carbocycles. The predicted octanol–water partition coefficient (Wildman–Crippen LogP) is 2.42. The van der Waals surface area contributed by atoms with E-state index in [2.05, 4.69) is 9.35 Å². The highest BCUT2D eigenvalue weighted by Gasteiger charge is 1.99. The molecule has 1 aromatic heterocycles. The number of nitriles is 1. The molecule has 1 rings (SSSR count). The number of aromatic nitrogens is 1. The average Bonchev–Trinajstić information content (AvgIpc) is 2.18. The monoisotopic (exact) mass is 228 g/mol. The van der Waals surface area contributed by atoms with Crippen LogP contribution in [0.5, 0.6) is 0 Å². The Morgan fingerprint density at radius 1 is 1.71 bits per heavy atom. The van der Waals surface area contributed by atoms with Crippen molar-refractivity contribution in [2.45, 2.75) is 12.2 Å². The van der Waals surface area contributed by atoms with Crippen molar-refractivity contribution in [3.05, 3.63) is 29.0 Å². The molecule has 14 heavy (non-hydrogen) atoms. The van der Waals surface area contributed by atoms with Gasteiger partial charge in [-0.05, 0) is 11.6 Å². The topological polar surface area (TPSA) is 66.1 Å². The first-order valence-electron chi connectivity index (χ1n) is 3.77. The Bertz CT molecular complexity index is 431. The van der Waals surface area contributed by atoms with Crippen LogP contribution in [0.3, 0.4) is 0 Å². The summed E-state index contributed by atoms with van der Waals surface area (Å²) < 4.78 is 14.5. The van der Waals surface area contributed by atoms with E-state index in [-0.39, 0.29) is 5.25 Å². The van der Waals surface area contributed by atoms with Crippen LogP contribution in [0.15, 0.2) is 22.7 Å². The molecule has 0 aliphatic rings. The van der Waals surface area contributed by atoms with Crippen molar-refractivity contribution < 1.29 is 4.21 Å². The smallest absolute Gasteiger partial charge is 0.180 e. The molecule has 6 heteroatoms. The third-order valence-electron chi connectivity index (χ3n) is 1.65. The van der Waals surface area contributed by atoms with Crippen LogP contribution in [-0.4, -0.2) is 4.98 Å². The third kappa shape index (κ3) is 2.69. The maximum absolute atomic E-state index is 11.3. The molecule has 0 aliphatic heterocycles. The summed E-state index contributed by atoms with van der Waals surface area (Å²) in [6.07, 6.45) is 3.03. The van der Waals surface area contributed by atoms with Crippen LogP contribution in [0.2, 0.25) is 5.15 Å². The molecule has 0 spiro atoms. The minimum Gasteiger partial charge on any atom is -0.443 e. The fourth-order valence-corrected chi connectivity index (χ4v) is 1.59. The minimum atomic E-state index is -1.54. The number of halogens is 1. The fraction of sp³-hybridized carbons (Fsp3) is 0.250. The van der Waals surface area contributed by atoms with E-state index in [1.165, 1.54) is 12.4 Å². The fourth-order valence-electron chi connectivity index (χ4n) is 0.863. The summed E-state index contributed by atoms with van der Waals surface area (Å²) in [5.41, 5.74) is 0.742. The molecule has 0 saturated carbocycles. The summed E-state index contributed by atoms with van der Waals surface area (Å²) in [6.45, 7) is 1.71. The first-order chi connectivity index (χ1) is 6.65. The summed E-state index contributed by atoms with van der Waals surface area (Å²) >= 11 is 5.59. The average molecular weight is 229 g/mol. The lowest BCUT2D eigenvalue weighted by molar-refractivity contribution is 0.595. The molecule has 0 fully saturated rings. The van der Waals surface area contributed by atoms with Gasteiger partial charge < -0.3 is 4.21 Å². The Morgan fingerprint density at radius 3 is 2.93 bits per heavy atom. The van der Waals surface area contributed by atoms with Gasteiger partial charge in [-0.25, -0.2) is 4.98 Å². The minimum absolute atomic E-state index is 0.348. The standard InChI is InChI=1S/C8H7ClN3OS/c1-6(14(13)12-5-10)7-2-3-8(9)11-4-7/h2-4,6H,1H3/q-1/t6-/m1/s1. The highest BCUT2D eigenvalue weighted by atomic mass is 35.5. The Hall–Kier alpha value is -1.12. The Kier molecular flexibility index (Phi) is 3.86. The SMILES string of the molecule is C[C@H](c1ccc(Cl)nc1)[S-](=O)=NC#N. The first kappa shape index (κ1) is 11.0.